The molecule has 6 atom stereocenters. The van der Waals surface area contributed by atoms with E-state index in [4.69, 9.17) is 0 Å². The molecule has 0 aromatic heterocycles. The molecule has 0 fully saturated rings. The average Bonchev–Trinajstić information content (AvgIpc) is 0.761. The summed E-state index contributed by atoms with van der Waals surface area (Å²) in [6.45, 7) is 100.0. The number of hydrogen-bond acceptors (Lipinski definition) is 0. The van der Waals surface area contributed by atoms with Gasteiger partial charge in [0.05, 0.1) is 0 Å². The lowest BCUT2D eigenvalue weighted by atomic mass is 9.57. The van der Waals surface area contributed by atoms with Crippen molar-refractivity contribution >= 4 is 0 Å². The van der Waals surface area contributed by atoms with Crippen molar-refractivity contribution < 1.29 is 39.5 Å². The second-order valence-corrected chi connectivity index (χ2v) is 39.6. The van der Waals surface area contributed by atoms with Gasteiger partial charge in [0, 0.05) is 21.7 Å². The number of hydrogen-bond donors (Lipinski definition) is 0. The topological polar surface area (TPSA) is 0 Å². The Hall–Kier alpha value is -0.630. The minimum atomic E-state index is -1.09. The predicted molar refractivity (Wildman–Crippen MR) is 482 cm³/mol. The highest BCUT2D eigenvalue weighted by molar-refractivity contribution is 5.03. The van der Waals surface area contributed by atoms with Crippen LogP contribution in [0, 0.1) is 110 Å². The lowest BCUT2D eigenvalue weighted by Crippen LogP contribution is -2.51. The normalized spacial score (nSPS) is 16.1. The molecule has 109 heavy (non-hydrogen) atoms. The van der Waals surface area contributed by atoms with Gasteiger partial charge in [0.2, 0.25) is 0 Å². The van der Waals surface area contributed by atoms with Crippen molar-refractivity contribution in [2.45, 2.75) is 538 Å². The largest absolute Gasteiger partial charge is 0.244 e. The second kappa shape index (κ2) is 58.3. The molecule has 0 saturated heterocycles. The van der Waals surface area contributed by atoms with Gasteiger partial charge in [-0.1, -0.05) is 355 Å². The molecule has 0 aliphatic carbocycles. The second-order valence-electron chi connectivity index (χ2n) is 39.6. The molecule has 0 aliphatic rings. The minimum absolute atomic E-state index is 0.0994. The van der Waals surface area contributed by atoms with E-state index in [0.717, 1.165) is 122 Å². The van der Waals surface area contributed by atoms with Crippen LogP contribution in [0.4, 0.5) is 39.5 Å². The van der Waals surface area contributed by atoms with Crippen LogP contribution in [0.3, 0.4) is 0 Å². The van der Waals surface area contributed by atoms with Crippen LogP contribution < -0.4 is 0 Å². The first-order chi connectivity index (χ1) is 49.0. The zero-order valence-electron chi connectivity index (χ0n) is 84.1. The highest BCUT2D eigenvalue weighted by atomic mass is 19.2. The van der Waals surface area contributed by atoms with Gasteiger partial charge in [0.1, 0.15) is 51.0 Å². The Balaban J connectivity index is -0.000000148. The van der Waals surface area contributed by atoms with E-state index >= 15 is 4.39 Å². The van der Waals surface area contributed by atoms with E-state index in [2.05, 4.69) is 194 Å². The standard InChI is InChI=1S/C14H29F.3C12H25F.2C11H23F.2C10H21F.C8H17F/c1-8-12(5,9-2)14(7,15)13(6,10-3)11-4;1-8(2)11(9(3)4)12(7,13)10(5)6;1-7-8-12(6,13)11(9(2)3)10(4)5;1-6-10(7-2)12(5,13)11(8-3)9-4;1-7-10(5,8-2)11(6,12)9(3)4;1-6-9-11(5,12)10(4,7-2)8-3;1-6-9(7-2)10(5,11)8(3)4;1-5-8-10(4,11)9(6-2)7-3;1-6(2)8(5,9)7(3)4/h8-11H2,1-7H3;8-11H,1-7H3;9-11H,7-8H2,1-6H3;10-11H,6-9H2,1-5H3;9H,7-8H2,1-6H3;6-9H2,1-5H3;8-9H,6-7H2,1-5H3;9H,5-8H2,1-4H3;6-7H,1-5H3. The molecule has 9 heteroatoms. The van der Waals surface area contributed by atoms with Crippen LogP contribution in [-0.2, 0) is 0 Å². The summed E-state index contributed by atoms with van der Waals surface area (Å²) in [5.41, 5.74) is -9.74. The van der Waals surface area contributed by atoms with Gasteiger partial charge in [-0.3, -0.25) is 0 Å². The summed E-state index contributed by atoms with van der Waals surface area (Å²) in [7, 11) is 0. The molecule has 0 heterocycles. The first-order valence-corrected chi connectivity index (χ1v) is 46.2. The number of rotatable bonds is 41. The third-order valence-corrected chi connectivity index (χ3v) is 30.2. The summed E-state index contributed by atoms with van der Waals surface area (Å²) in [5, 5.41) is 0. The van der Waals surface area contributed by atoms with E-state index in [1.54, 1.807) is 55.4 Å². The van der Waals surface area contributed by atoms with Crippen molar-refractivity contribution in [1.29, 1.82) is 0 Å². The highest BCUT2D eigenvalue weighted by Crippen LogP contribution is 2.54. The molecule has 0 N–H and O–H groups in total. The molecule has 0 saturated carbocycles. The summed E-state index contributed by atoms with van der Waals surface area (Å²) >= 11 is 0. The smallest absolute Gasteiger partial charge is 0.118 e. The molecule has 0 nitrogen and oxygen atoms in total. The van der Waals surface area contributed by atoms with Gasteiger partial charge in [0.15, 0.2) is 0 Å². The fourth-order valence-electron chi connectivity index (χ4n) is 17.8. The van der Waals surface area contributed by atoms with Gasteiger partial charge in [-0.2, -0.15) is 0 Å². The monoisotopic (exact) mass is 1580 g/mol. The van der Waals surface area contributed by atoms with E-state index in [-0.39, 0.29) is 86.8 Å². The quantitative estimate of drug-likeness (QED) is 0.0535. The maximum absolute atomic E-state index is 15.2. The van der Waals surface area contributed by atoms with Gasteiger partial charge in [-0.05, 0) is 222 Å². The molecule has 0 radical (unpaired) electrons. The predicted octanol–water partition coefficient (Wildman–Crippen LogP) is 38.0. The molecule has 0 amide bonds. The Bertz CT molecular complexity index is 1970. The van der Waals surface area contributed by atoms with Crippen molar-refractivity contribution in [3.05, 3.63) is 0 Å². The van der Waals surface area contributed by atoms with Crippen LogP contribution in [-0.4, -0.2) is 51.0 Å². The summed E-state index contributed by atoms with van der Waals surface area (Å²) < 4.78 is 128. The molecular weight excluding hydrogens is 1370 g/mol. The van der Waals surface area contributed by atoms with Crippen LogP contribution in [0.5, 0.6) is 0 Å². The van der Waals surface area contributed by atoms with Crippen molar-refractivity contribution in [2.24, 2.45) is 110 Å². The van der Waals surface area contributed by atoms with Gasteiger partial charge in [0.25, 0.3) is 0 Å². The molecule has 6 unspecified atom stereocenters. The van der Waals surface area contributed by atoms with E-state index in [1.165, 1.54) is 0 Å². The van der Waals surface area contributed by atoms with E-state index in [0.29, 0.717) is 42.9 Å². The number of halogens is 9. The summed E-state index contributed by atoms with van der Waals surface area (Å²) in [4.78, 5) is 0. The van der Waals surface area contributed by atoms with Crippen LogP contribution in [0.2, 0.25) is 0 Å². The Morgan fingerprint density at radius 1 is 0.211 bits per heavy atom. The van der Waals surface area contributed by atoms with Gasteiger partial charge >= 0.3 is 0 Å². The van der Waals surface area contributed by atoms with E-state index in [9.17, 15) is 35.1 Å². The molecule has 0 aliphatic heterocycles. The van der Waals surface area contributed by atoms with Crippen molar-refractivity contribution in [3.63, 3.8) is 0 Å². The Morgan fingerprint density at radius 2 is 0.431 bits per heavy atom. The molecule has 0 spiro atoms. The Morgan fingerprint density at radius 3 is 0.578 bits per heavy atom. The third kappa shape index (κ3) is 41.6. The zero-order valence-corrected chi connectivity index (χ0v) is 84.1. The van der Waals surface area contributed by atoms with Crippen LogP contribution in [0.25, 0.3) is 0 Å². The highest BCUT2D eigenvalue weighted by Gasteiger charge is 2.54. The van der Waals surface area contributed by atoms with Gasteiger partial charge in [-0.25, -0.2) is 39.5 Å². The first kappa shape index (κ1) is 127. The van der Waals surface area contributed by atoms with Crippen molar-refractivity contribution in [1.82, 2.24) is 0 Å². The summed E-state index contributed by atoms with van der Waals surface area (Å²) in [5.74, 6) is 3.56. The minimum Gasteiger partial charge on any atom is -0.244 e. The van der Waals surface area contributed by atoms with Gasteiger partial charge in [-0.15, -0.1) is 0 Å². The maximum atomic E-state index is 15.2. The molecular formula is C100H209F9. The van der Waals surface area contributed by atoms with E-state index in [1.807, 2.05) is 96.9 Å². The Labute approximate surface area is 684 Å². The van der Waals surface area contributed by atoms with Crippen LogP contribution in [0.1, 0.15) is 487 Å². The first-order valence-electron chi connectivity index (χ1n) is 46.2. The molecule has 0 aromatic carbocycles. The van der Waals surface area contributed by atoms with Crippen LogP contribution in [0.15, 0.2) is 0 Å². The van der Waals surface area contributed by atoms with E-state index < -0.39 is 51.0 Å². The van der Waals surface area contributed by atoms with Crippen molar-refractivity contribution in [2.75, 3.05) is 0 Å². The average molecular weight is 1580 g/mol. The molecule has 672 valence electrons. The van der Waals surface area contributed by atoms with Crippen LogP contribution >= 0.6 is 0 Å². The van der Waals surface area contributed by atoms with Gasteiger partial charge < -0.3 is 0 Å². The maximum Gasteiger partial charge on any atom is 0.118 e. The third-order valence-electron chi connectivity index (χ3n) is 30.2. The fraction of sp³-hybridized carbons (Fsp3) is 1.00. The summed E-state index contributed by atoms with van der Waals surface area (Å²) in [6, 6.07) is 0. The molecule has 0 rings (SSSR count). The Kier molecular flexibility index (Phi) is 67.7. The summed E-state index contributed by atoms with van der Waals surface area (Å²) in [6.07, 6.45) is 19.9. The number of alkyl halides is 9. The molecule has 0 aromatic rings. The molecule has 0 bridgehead atoms. The fourth-order valence-corrected chi connectivity index (χ4v) is 17.8. The zero-order chi connectivity index (χ0) is 89.7. The lowest BCUT2D eigenvalue weighted by Gasteiger charge is -2.51. The SMILES string of the molecule is CC(C)C(C(C)C)C(C)(F)C(C)C.CC(C)C(C)(F)C(C)C.CCC(C)(CC)C(C)(F)C(C)(CC)CC.CCC(C)(CC)C(C)(F)C(C)C.CCC(CC)C(C)(F)C(C)C.CCC(CC)C(C)(F)C(CC)CC.CCCC(C)(F)C(C(C)C)C(C)C.CCCC(C)(F)C(C)(CC)CC.CCCC(C)(F)C(CC)CC. The lowest BCUT2D eigenvalue weighted by molar-refractivity contribution is -0.0946. The van der Waals surface area contributed by atoms with Crippen molar-refractivity contribution in [3.8, 4) is 0 Å².